The fourth-order valence-corrected chi connectivity index (χ4v) is 2.94. The fraction of sp³-hybridized carbons (Fsp3) is 0.353. The average molecular weight is 312 g/mol. The predicted octanol–water partition coefficient (Wildman–Crippen LogP) is 1.52. The number of nitrogens with two attached hydrogens (primary N) is 1. The standard InChI is InChI=1S/C17H20N4O2/c1-12-11-15(19-21(12)14-5-3-2-4-6-14)17(23)20-9-7-13(8-10-20)16(18)22/h2-6,11,13H,7-10H2,1H3,(H2,18,22). The summed E-state index contributed by atoms with van der Waals surface area (Å²) in [5.74, 6) is -0.491. The number of aromatic nitrogens is 2. The van der Waals surface area contributed by atoms with Gasteiger partial charge in [-0.05, 0) is 38.0 Å². The van der Waals surface area contributed by atoms with Crippen molar-refractivity contribution in [3.63, 3.8) is 0 Å². The van der Waals surface area contributed by atoms with Gasteiger partial charge in [-0.3, -0.25) is 9.59 Å². The third-order valence-corrected chi connectivity index (χ3v) is 4.29. The third kappa shape index (κ3) is 3.11. The number of hydrogen-bond donors (Lipinski definition) is 1. The Morgan fingerprint density at radius 2 is 1.83 bits per heavy atom. The highest BCUT2D eigenvalue weighted by molar-refractivity contribution is 5.92. The van der Waals surface area contributed by atoms with Crippen molar-refractivity contribution in [2.75, 3.05) is 13.1 Å². The highest BCUT2D eigenvalue weighted by Gasteiger charge is 2.27. The lowest BCUT2D eigenvalue weighted by molar-refractivity contribution is -0.123. The van der Waals surface area contributed by atoms with E-state index in [0.29, 0.717) is 31.6 Å². The third-order valence-electron chi connectivity index (χ3n) is 4.29. The predicted molar refractivity (Wildman–Crippen MR) is 86.1 cm³/mol. The quantitative estimate of drug-likeness (QED) is 0.933. The molecule has 1 fully saturated rings. The molecular weight excluding hydrogens is 292 g/mol. The van der Waals surface area contributed by atoms with Crippen LogP contribution in [0.15, 0.2) is 36.4 Å². The van der Waals surface area contributed by atoms with Crippen molar-refractivity contribution in [3.8, 4) is 5.69 Å². The van der Waals surface area contributed by atoms with E-state index in [1.54, 1.807) is 15.6 Å². The van der Waals surface area contributed by atoms with Crippen LogP contribution < -0.4 is 5.73 Å². The zero-order valence-corrected chi connectivity index (χ0v) is 13.1. The molecule has 6 nitrogen and oxygen atoms in total. The maximum absolute atomic E-state index is 12.6. The normalized spacial score (nSPS) is 15.6. The van der Waals surface area contributed by atoms with Gasteiger partial charge in [-0.2, -0.15) is 5.10 Å². The van der Waals surface area contributed by atoms with E-state index in [1.165, 1.54) is 0 Å². The van der Waals surface area contributed by atoms with Crippen LogP contribution in [0.2, 0.25) is 0 Å². The van der Waals surface area contributed by atoms with Crippen molar-refractivity contribution < 1.29 is 9.59 Å². The Bertz CT molecular complexity index is 715. The summed E-state index contributed by atoms with van der Waals surface area (Å²) < 4.78 is 1.77. The Morgan fingerprint density at radius 3 is 2.43 bits per heavy atom. The van der Waals surface area contributed by atoms with E-state index >= 15 is 0 Å². The smallest absolute Gasteiger partial charge is 0.274 e. The number of piperidine rings is 1. The summed E-state index contributed by atoms with van der Waals surface area (Å²) in [6.07, 6.45) is 1.25. The van der Waals surface area contributed by atoms with Gasteiger partial charge in [0.1, 0.15) is 0 Å². The Labute approximate surface area is 134 Å². The maximum Gasteiger partial charge on any atom is 0.274 e. The van der Waals surface area contributed by atoms with Crippen LogP contribution >= 0.6 is 0 Å². The summed E-state index contributed by atoms with van der Waals surface area (Å²) >= 11 is 0. The van der Waals surface area contributed by atoms with Gasteiger partial charge in [-0.15, -0.1) is 0 Å². The van der Waals surface area contributed by atoms with Gasteiger partial charge in [-0.25, -0.2) is 4.68 Å². The Morgan fingerprint density at radius 1 is 1.17 bits per heavy atom. The van der Waals surface area contributed by atoms with Crippen molar-refractivity contribution in [3.05, 3.63) is 47.8 Å². The van der Waals surface area contributed by atoms with Crippen LogP contribution in [-0.4, -0.2) is 39.6 Å². The van der Waals surface area contributed by atoms with Crippen LogP contribution in [0.5, 0.6) is 0 Å². The van der Waals surface area contributed by atoms with Crippen LogP contribution in [-0.2, 0) is 4.79 Å². The van der Waals surface area contributed by atoms with Gasteiger partial charge in [0.25, 0.3) is 5.91 Å². The Balaban J connectivity index is 1.75. The highest BCUT2D eigenvalue weighted by atomic mass is 16.2. The molecule has 23 heavy (non-hydrogen) atoms. The topological polar surface area (TPSA) is 81.2 Å². The molecule has 120 valence electrons. The van der Waals surface area contributed by atoms with Gasteiger partial charge in [-0.1, -0.05) is 18.2 Å². The zero-order valence-electron chi connectivity index (χ0n) is 13.1. The Hall–Kier alpha value is -2.63. The first-order valence-corrected chi connectivity index (χ1v) is 7.77. The summed E-state index contributed by atoms with van der Waals surface area (Å²) in [5, 5.41) is 4.44. The Kier molecular flexibility index (Phi) is 4.14. The van der Waals surface area contributed by atoms with E-state index in [-0.39, 0.29) is 17.7 Å². The van der Waals surface area contributed by atoms with Crippen molar-refractivity contribution >= 4 is 11.8 Å². The summed E-state index contributed by atoms with van der Waals surface area (Å²) in [4.78, 5) is 25.6. The summed E-state index contributed by atoms with van der Waals surface area (Å²) in [5.41, 5.74) is 7.60. The molecule has 1 aliphatic heterocycles. The number of likely N-dealkylation sites (tertiary alicyclic amines) is 1. The van der Waals surface area contributed by atoms with Crippen LogP contribution in [0.4, 0.5) is 0 Å². The molecule has 2 heterocycles. The van der Waals surface area contributed by atoms with Crippen LogP contribution in [0.1, 0.15) is 29.0 Å². The summed E-state index contributed by atoms with van der Waals surface area (Å²) in [7, 11) is 0. The molecule has 1 aromatic heterocycles. The number of amides is 2. The van der Waals surface area contributed by atoms with Crippen molar-refractivity contribution in [1.29, 1.82) is 0 Å². The van der Waals surface area contributed by atoms with E-state index in [2.05, 4.69) is 5.10 Å². The van der Waals surface area contributed by atoms with Gasteiger partial charge in [0, 0.05) is 24.7 Å². The number of aryl methyl sites for hydroxylation is 1. The fourth-order valence-electron chi connectivity index (χ4n) is 2.94. The minimum absolute atomic E-state index is 0.0919. The van der Waals surface area contributed by atoms with E-state index in [9.17, 15) is 9.59 Å². The number of hydrogen-bond acceptors (Lipinski definition) is 3. The van der Waals surface area contributed by atoms with Crippen molar-refractivity contribution in [1.82, 2.24) is 14.7 Å². The van der Waals surface area contributed by atoms with Gasteiger partial charge in [0.15, 0.2) is 5.69 Å². The SMILES string of the molecule is Cc1cc(C(=O)N2CCC(C(N)=O)CC2)nn1-c1ccccc1. The van der Waals surface area contributed by atoms with E-state index < -0.39 is 0 Å². The van der Waals surface area contributed by atoms with E-state index in [0.717, 1.165) is 11.4 Å². The molecule has 1 aliphatic rings. The number of para-hydroxylation sites is 1. The zero-order chi connectivity index (χ0) is 16.4. The molecule has 0 unspecified atom stereocenters. The number of primary amides is 1. The van der Waals surface area contributed by atoms with Crippen molar-refractivity contribution in [2.45, 2.75) is 19.8 Å². The molecule has 0 saturated carbocycles. The van der Waals surface area contributed by atoms with Gasteiger partial charge in [0.2, 0.25) is 5.91 Å². The molecule has 2 amide bonds. The lowest BCUT2D eigenvalue weighted by atomic mass is 9.96. The second-order valence-electron chi connectivity index (χ2n) is 5.89. The minimum Gasteiger partial charge on any atom is -0.369 e. The second-order valence-corrected chi connectivity index (χ2v) is 5.89. The van der Waals surface area contributed by atoms with Crippen molar-refractivity contribution in [2.24, 2.45) is 11.7 Å². The molecule has 0 radical (unpaired) electrons. The first kappa shape index (κ1) is 15.3. The first-order valence-electron chi connectivity index (χ1n) is 7.77. The second kappa shape index (κ2) is 6.24. The molecule has 3 rings (SSSR count). The average Bonchev–Trinajstić information content (AvgIpc) is 2.97. The van der Waals surface area contributed by atoms with Gasteiger partial charge >= 0.3 is 0 Å². The molecule has 0 bridgehead atoms. The molecule has 1 aromatic carbocycles. The number of carbonyl (C=O) groups is 2. The largest absolute Gasteiger partial charge is 0.369 e. The monoisotopic (exact) mass is 312 g/mol. The highest BCUT2D eigenvalue weighted by Crippen LogP contribution is 2.19. The lowest BCUT2D eigenvalue weighted by Crippen LogP contribution is -2.41. The van der Waals surface area contributed by atoms with Gasteiger partial charge < -0.3 is 10.6 Å². The lowest BCUT2D eigenvalue weighted by Gasteiger charge is -2.29. The molecule has 0 aliphatic carbocycles. The summed E-state index contributed by atoms with van der Waals surface area (Å²) in [6.45, 7) is 3.02. The van der Waals surface area contributed by atoms with Crippen LogP contribution in [0, 0.1) is 12.8 Å². The number of rotatable bonds is 3. The maximum atomic E-state index is 12.6. The van der Waals surface area contributed by atoms with E-state index in [4.69, 9.17) is 5.73 Å². The molecule has 0 atom stereocenters. The minimum atomic E-state index is -0.277. The van der Waals surface area contributed by atoms with E-state index in [1.807, 2.05) is 37.3 Å². The number of nitrogens with zero attached hydrogens (tertiary/aromatic N) is 3. The summed E-state index contributed by atoms with van der Waals surface area (Å²) in [6, 6.07) is 11.5. The van der Waals surface area contributed by atoms with Gasteiger partial charge in [0.05, 0.1) is 5.69 Å². The first-order chi connectivity index (χ1) is 11.1. The molecule has 1 saturated heterocycles. The number of benzene rings is 1. The molecular formula is C17H20N4O2. The molecule has 0 spiro atoms. The molecule has 6 heteroatoms. The number of carbonyl (C=O) groups excluding carboxylic acids is 2. The van der Waals surface area contributed by atoms with Crippen LogP contribution in [0.25, 0.3) is 5.69 Å². The molecule has 2 aromatic rings. The van der Waals surface area contributed by atoms with Crippen LogP contribution in [0.3, 0.4) is 0 Å². The molecule has 2 N–H and O–H groups in total.